The molecule has 0 N–H and O–H groups in total. The molecular weight excluding hydrogens is 1370 g/mol. The van der Waals surface area contributed by atoms with E-state index in [4.69, 9.17) is 37.9 Å². The van der Waals surface area contributed by atoms with Gasteiger partial charge in [-0.1, -0.05) is 125 Å². The largest absolute Gasteiger partial charge is 0.456 e. The van der Waals surface area contributed by atoms with Crippen molar-refractivity contribution < 1.29 is 57.1 Å². The Bertz CT molecular complexity index is 6000. The minimum atomic E-state index is -0.859. The van der Waals surface area contributed by atoms with Crippen molar-refractivity contribution in [1.82, 2.24) is 0 Å². The van der Waals surface area contributed by atoms with E-state index < -0.39 is 16.2 Å². The molecule has 524 valence electrons. The number of nitriles is 4. The maximum Gasteiger partial charge on any atom is 0.170 e. The van der Waals surface area contributed by atoms with Crippen molar-refractivity contribution in [3.63, 3.8) is 0 Å². The topological polar surface area (TPSA) is 237 Å². The lowest BCUT2D eigenvalue weighted by Crippen LogP contribution is -2.27. The van der Waals surface area contributed by atoms with Gasteiger partial charge in [-0.05, 0) is 235 Å². The molecule has 16 rings (SSSR count). The number of aldehydes is 4. The van der Waals surface area contributed by atoms with Gasteiger partial charge in [-0.15, -0.1) is 0 Å². The minimum Gasteiger partial charge on any atom is -0.456 e. The van der Waals surface area contributed by atoms with Crippen LogP contribution >= 0.6 is 0 Å². The van der Waals surface area contributed by atoms with Crippen LogP contribution in [0.1, 0.15) is 126 Å². The summed E-state index contributed by atoms with van der Waals surface area (Å²) in [6.07, 6.45) is 4.20. The van der Waals surface area contributed by atoms with Crippen LogP contribution in [-0.2, 0) is 16.2 Å². The van der Waals surface area contributed by atoms with Gasteiger partial charge in [0.15, 0.2) is 23.0 Å². The second kappa shape index (κ2) is 27.7. The van der Waals surface area contributed by atoms with Crippen molar-refractivity contribution in [3.8, 4) is 116 Å². The normalized spacial score (nSPS) is 13.2. The lowest BCUT2D eigenvalue weighted by Gasteiger charge is -2.31. The molecule has 0 aromatic heterocycles. The molecule has 0 amide bonds. The van der Waals surface area contributed by atoms with Crippen molar-refractivity contribution in [1.29, 1.82) is 21.0 Å². The number of ether oxygens (including phenoxy) is 8. The van der Waals surface area contributed by atoms with Crippen LogP contribution in [0.5, 0.6) is 92.0 Å². The molecule has 0 saturated heterocycles. The standard InChI is InChI=1S/C93H60N4O12/c1-91(2)53-93(77-43-89(108-85-15-7-11-81(73(85)47-96)104-69-31-27-61-35-57(51-100)19-23-65(61)39-69)87(41-75(77)91)106-83-13-5-9-79(71(83)45-94)102-67-29-25-59-33-55(49-98)17-21-63(59)37-67)54-92(3,4)76-42-88(107-84-14-6-10-80(72(84)46-95)103-68-30-26-60-34-56(50-99)18-22-64(60)38-68)90(44-78(76)93)109-86-16-8-12-82(74(86)48-97)105-70-32-28-62-36-58(52-101)20-24-66(62)40-70/h5-44,49-52H,53-54H2,1-4H3. The van der Waals surface area contributed by atoms with E-state index in [-0.39, 0.29) is 91.2 Å². The Morgan fingerprint density at radius 2 is 0.468 bits per heavy atom. The zero-order valence-corrected chi connectivity index (χ0v) is 59.0. The first-order valence-corrected chi connectivity index (χ1v) is 34.9. The highest BCUT2D eigenvalue weighted by Crippen LogP contribution is 2.66. The number of rotatable bonds is 20. The molecule has 109 heavy (non-hydrogen) atoms. The zero-order valence-electron chi connectivity index (χ0n) is 59.0. The molecule has 0 fully saturated rings. The minimum absolute atomic E-state index is 0.0611. The van der Waals surface area contributed by atoms with E-state index >= 15 is 0 Å². The van der Waals surface area contributed by atoms with E-state index in [1.165, 1.54) is 0 Å². The van der Waals surface area contributed by atoms with Crippen LogP contribution in [-0.4, -0.2) is 25.1 Å². The van der Waals surface area contributed by atoms with Crippen molar-refractivity contribution >= 4 is 68.2 Å². The maximum absolute atomic E-state index is 11.7. The van der Waals surface area contributed by atoms with Crippen LogP contribution in [0.4, 0.5) is 0 Å². The van der Waals surface area contributed by atoms with Gasteiger partial charge in [-0.3, -0.25) is 19.2 Å². The summed E-state index contributed by atoms with van der Waals surface area (Å²) in [7, 11) is 0. The lowest BCUT2D eigenvalue weighted by atomic mass is 9.72. The van der Waals surface area contributed by atoms with E-state index in [9.17, 15) is 40.2 Å². The molecule has 16 heteroatoms. The Hall–Kier alpha value is -14.8. The van der Waals surface area contributed by atoms with E-state index in [0.717, 1.165) is 90.5 Å². The number of hydrogen-bond donors (Lipinski definition) is 0. The van der Waals surface area contributed by atoms with Gasteiger partial charge < -0.3 is 37.9 Å². The Morgan fingerprint density at radius 1 is 0.257 bits per heavy atom. The molecule has 16 nitrogen and oxygen atoms in total. The van der Waals surface area contributed by atoms with Crippen LogP contribution in [0.25, 0.3) is 43.1 Å². The highest BCUT2D eigenvalue weighted by Gasteiger charge is 2.57. The first kappa shape index (κ1) is 68.6. The number of benzene rings is 14. The fourth-order valence-electron chi connectivity index (χ4n) is 15.3. The average Bonchev–Trinajstić information content (AvgIpc) is 1.52. The van der Waals surface area contributed by atoms with Gasteiger partial charge in [0.25, 0.3) is 0 Å². The number of hydrogen-bond acceptors (Lipinski definition) is 16. The van der Waals surface area contributed by atoms with Crippen LogP contribution in [0.2, 0.25) is 0 Å². The third kappa shape index (κ3) is 12.9. The number of fused-ring (bicyclic) bond motifs is 8. The van der Waals surface area contributed by atoms with Gasteiger partial charge in [0, 0.05) is 27.7 Å². The summed E-state index contributed by atoms with van der Waals surface area (Å²) in [5, 5.41) is 51.1. The van der Waals surface area contributed by atoms with Gasteiger partial charge in [-0.25, -0.2) is 0 Å². The van der Waals surface area contributed by atoms with E-state index in [0.29, 0.717) is 58.1 Å². The van der Waals surface area contributed by atoms with E-state index in [1.54, 1.807) is 146 Å². The summed E-state index contributed by atoms with van der Waals surface area (Å²) in [5.74, 6) is 3.81. The molecule has 0 atom stereocenters. The Kier molecular flexibility index (Phi) is 17.4. The second-order valence-electron chi connectivity index (χ2n) is 28.2. The molecule has 0 unspecified atom stereocenters. The third-order valence-electron chi connectivity index (χ3n) is 20.2. The van der Waals surface area contributed by atoms with E-state index in [2.05, 4.69) is 52.0 Å². The van der Waals surface area contributed by atoms with Gasteiger partial charge in [0.1, 0.15) is 141 Å². The summed E-state index contributed by atoms with van der Waals surface area (Å²) < 4.78 is 54.3. The molecule has 0 heterocycles. The zero-order chi connectivity index (χ0) is 75.3. The van der Waals surface area contributed by atoms with Crippen LogP contribution in [0.15, 0.2) is 243 Å². The van der Waals surface area contributed by atoms with Crippen LogP contribution < -0.4 is 37.9 Å². The molecule has 0 aliphatic heterocycles. The number of carbonyl (C=O) groups excluding carboxylic acids is 4. The summed E-state index contributed by atoms with van der Waals surface area (Å²) in [4.78, 5) is 46.6. The Balaban J connectivity index is 0.835. The second-order valence-corrected chi connectivity index (χ2v) is 28.2. The predicted molar refractivity (Wildman–Crippen MR) is 412 cm³/mol. The van der Waals surface area contributed by atoms with Crippen LogP contribution in [0, 0.1) is 45.3 Å². The monoisotopic (exact) mass is 1420 g/mol. The van der Waals surface area contributed by atoms with Gasteiger partial charge >= 0.3 is 0 Å². The van der Waals surface area contributed by atoms with Gasteiger partial charge in [0.05, 0.1) is 0 Å². The summed E-state index contributed by atoms with van der Waals surface area (Å²) >= 11 is 0. The SMILES string of the molecule is CC1(C)CC2(CC(C)(C)c3cc(Oc4cccc(Oc5ccc6cc(C=O)ccc6c5)c4C#N)c(Oc4cccc(Oc5ccc6cc(C=O)ccc6c5)c4C#N)cc32)c2cc(Oc3cccc(Oc4ccc5cc(C=O)ccc5c4)c3C#N)c(Oc3cccc(Oc4ccc5cc(C=O)ccc5c4)c3C#N)cc21. The number of carbonyl (C=O) groups is 4. The molecule has 1 spiro atoms. The average molecular weight is 1430 g/mol. The maximum atomic E-state index is 11.7. The van der Waals surface area contributed by atoms with E-state index in [1.807, 2.05) is 97.1 Å². The molecule has 0 radical (unpaired) electrons. The van der Waals surface area contributed by atoms with Gasteiger partial charge in [0.2, 0.25) is 0 Å². The van der Waals surface area contributed by atoms with Crippen molar-refractivity contribution in [3.05, 3.63) is 309 Å². The van der Waals surface area contributed by atoms with Crippen molar-refractivity contribution in [2.45, 2.75) is 56.8 Å². The highest BCUT2D eigenvalue weighted by molar-refractivity contribution is 5.93. The molecule has 2 aliphatic carbocycles. The molecule has 14 aromatic carbocycles. The predicted octanol–water partition coefficient (Wildman–Crippen LogP) is 23.0. The first-order valence-electron chi connectivity index (χ1n) is 34.9. The van der Waals surface area contributed by atoms with Crippen molar-refractivity contribution in [2.75, 3.05) is 0 Å². The fourth-order valence-corrected chi connectivity index (χ4v) is 15.3. The quantitative estimate of drug-likeness (QED) is 0.0645. The first-order chi connectivity index (χ1) is 53.0. The molecular formula is C93H60N4O12. The number of nitrogens with zero attached hydrogens (tertiary/aromatic N) is 4. The summed E-state index contributed by atoms with van der Waals surface area (Å²) in [6.45, 7) is 8.64. The Morgan fingerprint density at radius 3 is 0.697 bits per heavy atom. The third-order valence-corrected chi connectivity index (χ3v) is 20.2. The summed E-state index contributed by atoms with van der Waals surface area (Å²) in [5.41, 5.74) is 3.76. The van der Waals surface area contributed by atoms with Crippen LogP contribution in [0.3, 0.4) is 0 Å². The Labute approximate surface area is 625 Å². The molecule has 14 aromatic rings. The molecule has 0 bridgehead atoms. The molecule has 0 saturated carbocycles. The summed E-state index contributed by atoms with van der Waals surface area (Å²) in [6, 6.07) is 80.3. The van der Waals surface area contributed by atoms with Gasteiger partial charge in [-0.2, -0.15) is 21.0 Å². The molecule has 2 aliphatic rings. The highest BCUT2D eigenvalue weighted by atomic mass is 16.5. The fraction of sp³-hybridized carbons (Fsp3) is 0.0968. The lowest BCUT2D eigenvalue weighted by molar-refractivity contribution is 0.111. The van der Waals surface area contributed by atoms with Crippen molar-refractivity contribution in [2.24, 2.45) is 0 Å². The smallest absolute Gasteiger partial charge is 0.170 e.